The van der Waals surface area contributed by atoms with Crippen LogP contribution in [-0.2, 0) is 76.8 Å². The van der Waals surface area contributed by atoms with Crippen LogP contribution in [0.15, 0.2) is 72.8 Å². The predicted octanol–water partition coefficient (Wildman–Crippen LogP) is 1.78. The highest BCUT2D eigenvalue weighted by Gasteiger charge is 2.52. The summed E-state index contributed by atoms with van der Waals surface area (Å²) in [6.07, 6.45) is -4.99. The normalized spacial score (nSPS) is 20.2. The summed E-state index contributed by atoms with van der Waals surface area (Å²) >= 11 is 0. The maximum absolute atomic E-state index is 14.1. The summed E-state index contributed by atoms with van der Waals surface area (Å²) in [5.74, 6) is -8.80. The van der Waals surface area contributed by atoms with Crippen LogP contribution >= 0.6 is 0 Å². The number of carboxylic acids is 2. The molecule has 8 rings (SSSR count). The van der Waals surface area contributed by atoms with Crippen molar-refractivity contribution in [3.8, 4) is 17.2 Å². The molecule has 13 N–H and O–H groups in total. The molecule has 6 amide bonds. The Bertz CT molecular complexity index is 3360. The first-order chi connectivity index (χ1) is 43.1. The summed E-state index contributed by atoms with van der Waals surface area (Å²) in [5.41, 5.74) is 3.14. The molecule has 4 aromatic carbocycles. The molecule has 0 aromatic heterocycles. The number of nitrogens with zero attached hydrogens (tertiary/aromatic N) is 1. The van der Waals surface area contributed by atoms with E-state index in [4.69, 9.17) is 49.2 Å². The van der Waals surface area contributed by atoms with Gasteiger partial charge in [0.2, 0.25) is 35.3 Å². The highest BCUT2D eigenvalue weighted by molar-refractivity contribution is 6.31. The van der Waals surface area contributed by atoms with E-state index in [0.717, 1.165) is 13.8 Å². The van der Waals surface area contributed by atoms with Crippen molar-refractivity contribution >= 4 is 70.6 Å². The molecule has 2 aliphatic heterocycles. The van der Waals surface area contributed by atoms with Gasteiger partial charge in [-0.15, -0.1) is 0 Å². The van der Waals surface area contributed by atoms with Crippen molar-refractivity contribution in [1.29, 1.82) is 0 Å². The number of carboxylic acid groups (broad SMARTS) is 2. The lowest BCUT2D eigenvalue weighted by atomic mass is 9.72. The van der Waals surface area contributed by atoms with Gasteiger partial charge in [-0.05, 0) is 69.0 Å². The Morgan fingerprint density at radius 2 is 1.44 bits per heavy atom. The fourth-order valence-corrected chi connectivity index (χ4v) is 10.8. The number of Topliss-reactive ketones (excluding diaryl/α,β-unsaturated/α-hetero) is 1. The van der Waals surface area contributed by atoms with E-state index < -0.39 is 161 Å². The standard InChI is InChI=1S/C58H67N7O18.2C2H4O2/c1-29(61-43(69)25-60-31(3)67)54(74)64-38(21-32-11-6-5-7-12-32)56(76)63-37(14-8-9-20-59)55(75)62-34-18-16-33(17-19-34)27-80-57(77)65-28-81-53-30(2)82-44(22-39(53)65)83-41-24-58(78,42(68)26-66)23-36-46(41)52(73)48-47(50(36)71)49(70)35-13-10-15-40(79-4)45(35)51(48)72;2*1-2(3)4/h5-7,10-13,15-19,29-30,37-39,41,44,53,66,71,73,78H,8-9,14,20-28,59H2,1-4H3,(H,60,67)(H,61,69)(H,62,75)(H,63,76)(H,64,74);2*1H3,(H,3,4)/t29-,30+,37+,38+,39+,41+,44+,53-,58+;;/m1../s1. The van der Waals surface area contributed by atoms with Crippen LogP contribution in [0.5, 0.6) is 17.2 Å². The van der Waals surface area contributed by atoms with Crippen molar-refractivity contribution in [2.24, 2.45) is 5.73 Å². The van der Waals surface area contributed by atoms with Gasteiger partial charge in [-0.2, -0.15) is 0 Å². The summed E-state index contributed by atoms with van der Waals surface area (Å²) in [6.45, 7) is 4.95. The number of fused-ring (bicyclic) bond motifs is 4. The number of unbranched alkanes of at least 4 members (excludes halogenated alkanes) is 1. The number of aliphatic carboxylic acids is 2. The molecule has 29 heteroatoms. The number of carbonyl (C=O) groups excluding carboxylic acids is 9. The number of carbonyl (C=O) groups is 11. The quantitative estimate of drug-likeness (QED) is 0.0347. The molecule has 0 saturated carbocycles. The van der Waals surface area contributed by atoms with Gasteiger partial charge in [-0.1, -0.05) is 54.6 Å². The lowest BCUT2D eigenvalue weighted by molar-refractivity contribution is -0.246. The molecule has 490 valence electrons. The Hall–Kier alpha value is -9.39. The molecule has 0 unspecified atom stereocenters. The largest absolute Gasteiger partial charge is 0.507 e. The third-order valence-corrected chi connectivity index (χ3v) is 15.1. The summed E-state index contributed by atoms with van der Waals surface area (Å²) in [5, 5.41) is 73.3. The zero-order valence-corrected chi connectivity index (χ0v) is 50.8. The maximum Gasteiger partial charge on any atom is 0.412 e. The average molecular weight is 1270 g/mol. The zero-order valence-electron chi connectivity index (χ0n) is 50.8. The van der Waals surface area contributed by atoms with Gasteiger partial charge in [0.25, 0.3) is 11.9 Å². The molecular weight excluding hydrogens is 1190 g/mol. The third kappa shape index (κ3) is 17.9. The van der Waals surface area contributed by atoms with Crippen LogP contribution in [0.1, 0.15) is 127 Å². The van der Waals surface area contributed by atoms with Crippen LogP contribution < -0.4 is 37.1 Å². The number of hydrogen-bond acceptors (Lipinski definition) is 21. The van der Waals surface area contributed by atoms with Crippen LogP contribution in [0.25, 0.3) is 0 Å². The fraction of sp³-hybridized carbons (Fsp3) is 0.435. The Labute approximate surface area is 521 Å². The van der Waals surface area contributed by atoms with E-state index in [-0.39, 0.29) is 67.1 Å². The van der Waals surface area contributed by atoms with E-state index in [0.29, 0.717) is 36.2 Å². The second-order valence-corrected chi connectivity index (χ2v) is 21.9. The number of phenols is 2. The summed E-state index contributed by atoms with van der Waals surface area (Å²) in [7, 11) is 1.30. The second-order valence-electron chi connectivity index (χ2n) is 21.9. The fourth-order valence-electron chi connectivity index (χ4n) is 10.8. The molecule has 9 atom stereocenters. The molecule has 4 aromatic rings. The van der Waals surface area contributed by atoms with E-state index >= 15 is 0 Å². The number of ketones is 3. The van der Waals surface area contributed by atoms with Gasteiger partial charge in [0.1, 0.15) is 67.0 Å². The van der Waals surface area contributed by atoms with Crippen LogP contribution in [-0.4, -0.2) is 182 Å². The van der Waals surface area contributed by atoms with Gasteiger partial charge in [0.15, 0.2) is 17.9 Å². The highest BCUT2D eigenvalue weighted by atomic mass is 16.7. The summed E-state index contributed by atoms with van der Waals surface area (Å²) < 4.78 is 29.7. The maximum atomic E-state index is 14.1. The Morgan fingerprint density at radius 3 is 2.07 bits per heavy atom. The van der Waals surface area contributed by atoms with Crippen molar-refractivity contribution in [1.82, 2.24) is 26.2 Å². The zero-order chi connectivity index (χ0) is 67.0. The van der Waals surface area contributed by atoms with Crippen LogP contribution in [0.3, 0.4) is 0 Å². The molecule has 2 heterocycles. The van der Waals surface area contributed by atoms with Crippen molar-refractivity contribution in [2.45, 2.75) is 141 Å². The molecule has 0 spiro atoms. The number of phenolic OH excluding ortho intramolecular Hbond substituents is 2. The van der Waals surface area contributed by atoms with Gasteiger partial charge in [0.05, 0.1) is 48.6 Å². The number of nitrogens with one attached hydrogen (secondary N) is 5. The molecule has 0 radical (unpaired) electrons. The molecule has 4 aliphatic rings. The van der Waals surface area contributed by atoms with Gasteiger partial charge in [-0.25, -0.2) is 4.79 Å². The van der Waals surface area contributed by atoms with Crippen molar-refractivity contribution in [3.05, 3.63) is 117 Å². The number of aliphatic hydroxyl groups excluding tert-OH is 1. The molecule has 29 nitrogen and oxygen atoms in total. The van der Waals surface area contributed by atoms with E-state index in [1.165, 1.54) is 44.1 Å². The van der Waals surface area contributed by atoms with Gasteiger partial charge >= 0.3 is 6.09 Å². The average Bonchev–Trinajstić information content (AvgIpc) is 1.12. The molecule has 2 aliphatic carbocycles. The number of nitrogens with two attached hydrogens (primary N) is 1. The minimum atomic E-state index is -2.38. The van der Waals surface area contributed by atoms with Crippen molar-refractivity contribution < 1.29 is 107 Å². The molecular formula is C62H75N7O22. The first-order valence-electron chi connectivity index (χ1n) is 28.9. The Balaban J connectivity index is 0.00000155. The lowest BCUT2D eigenvalue weighted by Crippen LogP contribution is -2.56. The molecule has 0 bridgehead atoms. The van der Waals surface area contributed by atoms with E-state index in [2.05, 4.69) is 26.6 Å². The van der Waals surface area contributed by atoms with E-state index in [1.807, 2.05) is 0 Å². The van der Waals surface area contributed by atoms with E-state index in [9.17, 15) is 63.6 Å². The smallest absolute Gasteiger partial charge is 0.412 e. The first kappa shape index (κ1) is 70.7. The highest BCUT2D eigenvalue weighted by Crippen LogP contribution is 2.53. The van der Waals surface area contributed by atoms with Gasteiger partial charge in [0, 0.05) is 68.8 Å². The van der Waals surface area contributed by atoms with Crippen molar-refractivity contribution in [2.75, 3.05) is 38.9 Å². The third-order valence-electron chi connectivity index (χ3n) is 15.1. The Morgan fingerprint density at radius 1 is 0.791 bits per heavy atom. The van der Waals surface area contributed by atoms with Gasteiger partial charge in [-0.3, -0.25) is 52.8 Å². The number of aromatic hydroxyl groups is 2. The van der Waals surface area contributed by atoms with Crippen LogP contribution in [0.4, 0.5) is 10.5 Å². The number of rotatable bonds is 22. The number of anilines is 1. The molecule has 2 fully saturated rings. The minimum absolute atomic E-state index is 0.0417. The second kappa shape index (κ2) is 31.9. The number of methoxy groups -OCH3 is 1. The predicted molar refractivity (Wildman–Crippen MR) is 318 cm³/mol. The molecule has 2 saturated heterocycles. The number of ether oxygens (including phenoxy) is 5. The monoisotopic (exact) mass is 1270 g/mol. The minimum Gasteiger partial charge on any atom is -0.507 e. The first-order valence-corrected chi connectivity index (χ1v) is 28.9. The SMILES string of the molecule is CC(=O)O.CC(=O)O.COc1cccc2c1C(=O)c1c(O)c3c(c(O)c1C2=O)C[C@@](O)(C(=O)CO)C[C@@H]3O[C@H]1C[C@H]2[C@H](OCN2C(=O)OCc2ccc(NC(=O)[C@H](CCCCN)NC(=O)[C@H](Cc3ccccc3)NC(=O)[C@@H](C)NC(=O)CNC(C)=O)cc2)[C@H](C)O1. The summed E-state index contributed by atoms with van der Waals surface area (Å²) in [4.78, 5) is 139. The van der Waals surface area contributed by atoms with Gasteiger partial charge < -0.3 is 86.6 Å². The Kier molecular flexibility index (Phi) is 24.8. The topological polar surface area (TPSA) is 445 Å². The van der Waals surface area contributed by atoms with Crippen LogP contribution in [0, 0.1) is 0 Å². The van der Waals surface area contributed by atoms with Crippen molar-refractivity contribution in [3.63, 3.8) is 0 Å². The van der Waals surface area contributed by atoms with Crippen LogP contribution in [0.2, 0.25) is 0 Å². The molecule has 91 heavy (non-hydrogen) atoms. The number of amides is 6. The van der Waals surface area contributed by atoms with E-state index in [1.54, 1.807) is 61.5 Å². The number of aliphatic hydroxyl groups is 2. The number of benzene rings is 4. The summed E-state index contributed by atoms with van der Waals surface area (Å²) in [6, 6.07) is 15.5. The number of hydrogen-bond donors (Lipinski definition) is 12. The lowest BCUT2D eigenvalue weighted by Gasteiger charge is -2.42.